The largest absolute Gasteiger partial charge is 0.438 e. The first-order valence-corrected chi connectivity index (χ1v) is 10.7. The first-order chi connectivity index (χ1) is 16.0. The molecule has 10 heteroatoms. The van der Waals surface area contributed by atoms with Gasteiger partial charge in [-0.2, -0.15) is 18.2 Å². The monoisotopic (exact) mass is 454 g/mol. The summed E-state index contributed by atoms with van der Waals surface area (Å²) < 4.78 is 47.9. The Morgan fingerprint density at radius 1 is 1.00 bits per heavy atom. The van der Waals surface area contributed by atoms with Gasteiger partial charge in [0.25, 0.3) is 0 Å². The molecule has 1 N–H and O–H groups in total. The molecule has 3 heterocycles. The quantitative estimate of drug-likeness (QED) is 0.431. The van der Waals surface area contributed by atoms with E-state index in [9.17, 15) is 13.2 Å². The SMILES string of the molecule is FC(F)(F)c1cnc(N[C@@H]2CCC[C@H](c3nnc4ccccn34)C2)nc1Oc1ccccc1. The molecule has 0 saturated heterocycles. The number of hydrogen-bond acceptors (Lipinski definition) is 6. The third kappa shape index (κ3) is 4.59. The molecule has 0 spiro atoms. The molecule has 7 nitrogen and oxygen atoms in total. The maximum atomic E-state index is 13.5. The van der Waals surface area contributed by atoms with Gasteiger partial charge in [0, 0.05) is 24.4 Å². The van der Waals surface area contributed by atoms with Crippen LogP contribution in [-0.2, 0) is 6.18 Å². The van der Waals surface area contributed by atoms with Crippen LogP contribution in [0.3, 0.4) is 0 Å². The molecule has 0 bridgehead atoms. The van der Waals surface area contributed by atoms with E-state index in [4.69, 9.17) is 4.74 Å². The Balaban J connectivity index is 1.36. The molecule has 1 aliphatic carbocycles. The molecule has 1 aromatic carbocycles. The molecule has 1 aliphatic rings. The molecule has 0 unspecified atom stereocenters. The second-order valence-electron chi connectivity index (χ2n) is 8.02. The minimum absolute atomic E-state index is 0.0128. The number of halogens is 3. The van der Waals surface area contributed by atoms with E-state index in [0.29, 0.717) is 0 Å². The number of aromatic nitrogens is 5. The van der Waals surface area contributed by atoms with Crippen molar-refractivity contribution in [3.8, 4) is 11.6 Å². The minimum Gasteiger partial charge on any atom is -0.438 e. The van der Waals surface area contributed by atoms with Gasteiger partial charge in [0.15, 0.2) is 5.65 Å². The lowest BCUT2D eigenvalue weighted by Gasteiger charge is -2.29. The van der Waals surface area contributed by atoms with Crippen LogP contribution >= 0.6 is 0 Å². The number of nitrogens with zero attached hydrogens (tertiary/aromatic N) is 5. The second kappa shape index (κ2) is 8.68. The first-order valence-electron chi connectivity index (χ1n) is 10.7. The van der Waals surface area contributed by atoms with Crippen LogP contribution in [0.4, 0.5) is 19.1 Å². The average Bonchev–Trinajstić information content (AvgIpc) is 3.24. The van der Waals surface area contributed by atoms with Crippen LogP contribution in [-0.4, -0.2) is 30.6 Å². The maximum Gasteiger partial charge on any atom is 0.423 e. The Hall–Kier alpha value is -3.69. The van der Waals surface area contributed by atoms with E-state index in [1.165, 1.54) is 0 Å². The zero-order valence-corrected chi connectivity index (χ0v) is 17.5. The summed E-state index contributed by atoms with van der Waals surface area (Å²) in [6, 6.07) is 14.0. The van der Waals surface area contributed by atoms with Crippen LogP contribution < -0.4 is 10.1 Å². The second-order valence-corrected chi connectivity index (χ2v) is 8.02. The molecule has 1 saturated carbocycles. The predicted octanol–water partition coefficient (Wildman–Crippen LogP) is 5.47. The van der Waals surface area contributed by atoms with Crippen molar-refractivity contribution in [1.29, 1.82) is 0 Å². The molecule has 4 aromatic rings. The van der Waals surface area contributed by atoms with Gasteiger partial charge in [-0.3, -0.25) is 4.40 Å². The lowest BCUT2D eigenvalue weighted by molar-refractivity contribution is -0.139. The molecule has 3 aromatic heterocycles. The summed E-state index contributed by atoms with van der Waals surface area (Å²) in [7, 11) is 0. The summed E-state index contributed by atoms with van der Waals surface area (Å²) in [5, 5.41) is 11.8. The van der Waals surface area contributed by atoms with Crippen molar-refractivity contribution in [3.63, 3.8) is 0 Å². The molecule has 0 radical (unpaired) electrons. The third-order valence-corrected chi connectivity index (χ3v) is 5.73. The molecule has 33 heavy (non-hydrogen) atoms. The molecule has 0 aliphatic heterocycles. The van der Waals surface area contributed by atoms with Gasteiger partial charge < -0.3 is 10.1 Å². The average molecular weight is 454 g/mol. The zero-order chi connectivity index (χ0) is 22.8. The van der Waals surface area contributed by atoms with Crippen molar-refractivity contribution in [3.05, 3.63) is 72.3 Å². The summed E-state index contributed by atoms with van der Waals surface area (Å²) in [5.41, 5.74) is -0.232. The van der Waals surface area contributed by atoms with E-state index in [1.807, 2.05) is 28.8 Å². The van der Waals surface area contributed by atoms with Crippen molar-refractivity contribution in [2.75, 3.05) is 5.32 Å². The number of benzene rings is 1. The Bertz CT molecular complexity index is 1240. The number of hydrogen-bond donors (Lipinski definition) is 1. The summed E-state index contributed by atoms with van der Waals surface area (Å²) in [6.45, 7) is 0. The van der Waals surface area contributed by atoms with Crippen LogP contribution in [0.25, 0.3) is 5.65 Å². The number of fused-ring (bicyclic) bond motifs is 1. The lowest BCUT2D eigenvalue weighted by atomic mass is 9.85. The van der Waals surface area contributed by atoms with Gasteiger partial charge in [0.2, 0.25) is 11.8 Å². The van der Waals surface area contributed by atoms with Crippen molar-refractivity contribution >= 4 is 11.6 Å². The van der Waals surface area contributed by atoms with E-state index in [0.717, 1.165) is 43.4 Å². The van der Waals surface area contributed by atoms with Crippen LogP contribution in [0.2, 0.25) is 0 Å². The number of ether oxygens (including phenoxy) is 1. The van der Waals surface area contributed by atoms with Crippen LogP contribution in [0.15, 0.2) is 60.9 Å². The summed E-state index contributed by atoms with van der Waals surface area (Å²) in [4.78, 5) is 7.99. The standard InChI is InChI=1S/C23H21F3N6O/c24-23(25,26)18-14-27-22(29-21(18)33-17-9-2-1-3-10-17)28-16-8-6-7-15(13-16)20-31-30-19-11-4-5-12-32(19)20/h1-5,9-12,14-16H,6-8,13H2,(H,27,28,29)/t15-,16+/m0/s1. The molecule has 2 atom stereocenters. The van der Waals surface area contributed by atoms with Gasteiger partial charge in [-0.15, -0.1) is 10.2 Å². The van der Waals surface area contributed by atoms with E-state index in [-0.39, 0.29) is 23.7 Å². The molecule has 0 amide bonds. The van der Waals surface area contributed by atoms with Gasteiger partial charge in [-0.1, -0.05) is 30.7 Å². The van der Waals surface area contributed by atoms with Crippen molar-refractivity contribution in [1.82, 2.24) is 24.6 Å². The molecule has 1 fully saturated rings. The van der Waals surface area contributed by atoms with Gasteiger partial charge in [0.1, 0.15) is 17.1 Å². The Morgan fingerprint density at radius 2 is 1.82 bits per heavy atom. The van der Waals surface area contributed by atoms with Crippen molar-refractivity contribution < 1.29 is 17.9 Å². The van der Waals surface area contributed by atoms with Gasteiger partial charge in [-0.05, 0) is 43.5 Å². The van der Waals surface area contributed by atoms with E-state index in [1.54, 1.807) is 30.3 Å². The topological polar surface area (TPSA) is 77.2 Å². The zero-order valence-electron chi connectivity index (χ0n) is 17.5. The highest BCUT2D eigenvalue weighted by Gasteiger charge is 2.37. The van der Waals surface area contributed by atoms with Crippen molar-refractivity contribution in [2.24, 2.45) is 0 Å². The number of nitrogens with one attached hydrogen (secondary N) is 1. The number of rotatable bonds is 5. The van der Waals surface area contributed by atoms with E-state index in [2.05, 4.69) is 25.5 Å². The van der Waals surface area contributed by atoms with Gasteiger partial charge >= 0.3 is 6.18 Å². The Kier molecular flexibility index (Phi) is 5.57. The number of pyridine rings is 1. The van der Waals surface area contributed by atoms with Crippen LogP contribution in [0.5, 0.6) is 11.6 Å². The Labute approximate surface area is 187 Å². The normalized spacial score (nSPS) is 18.9. The summed E-state index contributed by atoms with van der Waals surface area (Å²) >= 11 is 0. The minimum atomic E-state index is -4.63. The highest BCUT2D eigenvalue weighted by Crippen LogP contribution is 2.38. The number of para-hydroxylation sites is 1. The third-order valence-electron chi connectivity index (χ3n) is 5.73. The Morgan fingerprint density at radius 3 is 2.64 bits per heavy atom. The molecular weight excluding hydrogens is 433 g/mol. The highest BCUT2D eigenvalue weighted by molar-refractivity contribution is 5.40. The molecule has 5 rings (SSSR count). The summed E-state index contributed by atoms with van der Waals surface area (Å²) in [5.74, 6) is 0.901. The molecule has 170 valence electrons. The van der Waals surface area contributed by atoms with Crippen LogP contribution in [0.1, 0.15) is 43.0 Å². The number of anilines is 1. The fourth-order valence-electron chi connectivity index (χ4n) is 4.18. The lowest BCUT2D eigenvalue weighted by Crippen LogP contribution is -2.28. The molecular formula is C23H21F3N6O. The summed E-state index contributed by atoms with van der Waals surface area (Å²) in [6.07, 6.45) is 1.57. The van der Waals surface area contributed by atoms with Gasteiger partial charge in [0.05, 0.1) is 0 Å². The first kappa shape index (κ1) is 21.2. The predicted molar refractivity (Wildman–Crippen MR) is 115 cm³/mol. The van der Waals surface area contributed by atoms with E-state index < -0.39 is 17.6 Å². The smallest absolute Gasteiger partial charge is 0.423 e. The van der Waals surface area contributed by atoms with Crippen molar-refractivity contribution in [2.45, 2.75) is 43.8 Å². The van der Waals surface area contributed by atoms with Crippen LogP contribution in [0, 0.1) is 0 Å². The maximum absolute atomic E-state index is 13.5. The van der Waals surface area contributed by atoms with E-state index >= 15 is 0 Å². The fraction of sp³-hybridized carbons (Fsp3) is 0.304. The number of alkyl halides is 3. The van der Waals surface area contributed by atoms with Gasteiger partial charge in [-0.25, -0.2) is 4.98 Å². The fourth-order valence-corrected chi connectivity index (χ4v) is 4.18. The highest BCUT2D eigenvalue weighted by atomic mass is 19.4.